The number of anilines is 1. The zero-order chi connectivity index (χ0) is 20.5. The molecular weight excluding hydrogens is 403 g/mol. The van der Waals surface area contributed by atoms with E-state index in [0.717, 1.165) is 41.4 Å². The van der Waals surface area contributed by atoms with Crippen LogP contribution in [0.4, 0.5) is 9.52 Å². The van der Waals surface area contributed by atoms with Crippen molar-refractivity contribution in [3.63, 3.8) is 0 Å². The van der Waals surface area contributed by atoms with Gasteiger partial charge in [0.15, 0.2) is 5.13 Å². The maximum atomic E-state index is 14.1. The van der Waals surface area contributed by atoms with Crippen LogP contribution in [0, 0.1) is 11.7 Å². The van der Waals surface area contributed by atoms with E-state index in [1.54, 1.807) is 12.1 Å². The first-order valence-corrected chi connectivity index (χ1v) is 11.1. The summed E-state index contributed by atoms with van der Waals surface area (Å²) in [6, 6.07) is 10.4. The number of amides is 1. The predicted molar refractivity (Wildman–Crippen MR) is 115 cm³/mol. The van der Waals surface area contributed by atoms with Crippen molar-refractivity contribution in [2.75, 3.05) is 44.3 Å². The van der Waals surface area contributed by atoms with Crippen molar-refractivity contribution in [1.29, 1.82) is 0 Å². The standard InChI is InChI=1S/C22H23FN4O2S/c23-17-4-2-1-3-16(17)18-5-6-19-20(24-18)30-22(25-19)27-9-7-15(8-10-27)21(28)26-11-13-29-14-12-26/h1-6,15H,7-14H2. The monoisotopic (exact) mass is 426 g/mol. The van der Waals surface area contributed by atoms with Gasteiger partial charge in [-0.25, -0.2) is 14.4 Å². The highest BCUT2D eigenvalue weighted by molar-refractivity contribution is 7.21. The number of morpholine rings is 1. The number of ether oxygens (including phenoxy) is 1. The second-order valence-electron chi connectivity index (χ2n) is 7.70. The quantitative estimate of drug-likeness (QED) is 0.641. The van der Waals surface area contributed by atoms with E-state index in [4.69, 9.17) is 9.72 Å². The van der Waals surface area contributed by atoms with Crippen molar-refractivity contribution in [2.24, 2.45) is 5.92 Å². The first kappa shape index (κ1) is 19.4. The number of fused-ring (bicyclic) bond motifs is 1. The maximum absolute atomic E-state index is 14.1. The minimum atomic E-state index is -0.277. The number of halogens is 1. The van der Waals surface area contributed by atoms with Gasteiger partial charge in [0, 0.05) is 37.7 Å². The van der Waals surface area contributed by atoms with E-state index in [9.17, 15) is 9.18 Å². The molecule has 1 amide bonds. The van der Waals surface area contributed by atoms with Crippen LogP contribution in [-0.4, -0.2) is 60.2 Å². The number of carbonyl (C=O) groups excluding carboxylic acids is 1. The van der Waals surface area contributed by atoms with E-state index in [2.05, 4.69) is 9.88 Å². The van der Waals surface area contributed by atoms with Gasteiger partial charge in [0.25, 0.3) is 0 Å². The van der Waals surface area contributed by atoms with Crippen molar-refractivity contribution >= 4 is 32.7 Å². The number of hydrogen-bond donors (Lipinski definition) is 0. The number of piperidine rings is 1. The van der Waals surface area contributed by atoms with E-state index >= 15 is 0 Å². The lowest BCUT2D eigenvalue weighted by molar-refractivity contribution is -0.140. The molecule has 0 aliphatic carbocycles. The molecule has 2 fully saturated rings. The van der Waals surface area contributed by atoms with E-state index < -0.39 is 0 Å². The molecule has 2 aliphatic heterocycles. The highest BCUT2D eigenvalue weighted by Gasteiger charge is 2.30. The van der Waals surface area contributed by atoms with Crippen molar-refractivity contribution in [3.8, 4) is 11.3 Å². The summed E-state index contributed by atoms with van der Waals surface area (Å²) in [5.74, 6) is 0.0686. The first-order valence-electron chi connectivity index (χ1n) is 10.3. The maximum Gasteiger partial charge on any atom is 0.225 e. The molecule has 0 spiro atoms. The molecule has 0 saturated carbocycles. The summed E-state index contributed by atoms with van der Waals surface area (Å²) in [6.07, 6.45) is 1.67. The molecule has 6 nitrogen and oxygen atoms in total. The fraction of sp³-hybridized carbons (Fsp3) is 0.409. The molecule has 156 valence electrons. The number of pyridine rings is 1. The van der Waals surface area contributed by atoms with Crippen LogP contribution in [0.3, 0.4) is 0 Å². The molecule has 0 bridgehead atoms. The SMILES string of the molecule is O=C(C1CCN(c2nc3ccc(-c4ccccc4F)nc3s2)CC1)N1CCOCC1. The van der Waals surface area contributed by atoms with Crippen molar-refractivity contribution in [2.45, 2.75) is 12.8 Å². The molecule has 2 aromatic heterocycles. The molecule has 4 heterocycles. The lowest BCUT2D eigenvalue weighted by Crippen LogP contribution is -2.46. The van der Waals surface area contributed by atoms with Gasteiger partial charge >= 0.3 is 0 Å². The van der Waals surface area contributed by atoms with Crippen LogP contribution < -0.4 is 4.90 Å². The normalized spacial score (nSPS) is 18.2. The van der Waals surface area contributed by atoms with Gasteiger partial charge in [-0.1, -0.05) is 23.5 Å². The molecule has 3 aromatic rings. The van der Waals surface area contributed by atoms with Gasteiger partial charge in [-0.3, -0.25) is 4.79 Å². The third-order valence-corrected chi connectivity index (χ3v) is 6.86. The molecule has 1 aromatic carbocycles. The van der Waals surface area contributed by atoms with Gasteiger partial charge in [0.1, 0.15) is 16.2 Å². The molecule has 8 heteroatoms. The molecule has 0 N–H and O–H groups in total. The Morgan fingerprint density at radius 3 is 2.57 bits per heavy atom. The molecule has 30 heavy (non-hydrogen) atoms. The Bertz CT molecular complexity index is 1060. The van der Waals surface area contributed by atoms with Crippen molar-refractivity contribution in [1.82, 2.24) is 14.9 Å². The van der Waals surface area contributed by atoms with Gasteiger partial charge < -0.3 is 14.5 Å². The molecule has 5 rings (SSSR count). The summed E-state index contributed by atoms with van der Waals surface area (Å²) in [4.78, 5) is 27.1. The average molecular weight is 427 g/mol. The molecule has 0 radical (unpaired) electrons. The zero-order valence-corrected chi connectivity index (χ0v) is 17.4. The van der Waals surface area contributed by atoms with E-state index in [0.29, 0.717) is 37.6 Å². The van der Waals surface area contributed by atoms with E-state index in [-0.39, 0.29) is 17.6 Å². The van der Waals surface area contributed by atoms with Gasteiger partial charge in [0.05, 0.1) is 18.9 Å². The van der Waals surface area contributed by atoms with Gasteiger partial charge in [-0.05, 0) is 37.1 Å². The Hall–Kier alpha value is -2.58. The summed E-state index contributed by atoms with van der Waals surface area (Å²) in [5, 5.41) is 0.917. The smallest absolute Gasteiger partial charge is 0.225 e. The van der Waals surface area contributed by atoms with Gasteiger partial charge in [-0.2, -0.15) is 0 Å². The number of rotatable bonds is 3. The Labute approximate surface area is 178 Å². The molecule has 2 saturated heterocycles. The van der Waals surface area contributed by atoms with Crippen LogP contribution in [0.1, 0.15) is 12.8 Å². The molecule has 0 atom stereocenters. The summed E-state index contributed by atoms with van der Waals surface area (Å²) < 4.78 is 19.5. The number of carbonyl (C=O) groups is 1. The Kier molecular flexibility index (Phi) is 5.35. The lowest BCUT2D eigenvalue weighted by atomic mass is 9.95. The average Bonchev–Trinajstić information content (AvgIpc) is 3.23. The highest BCUT2D eigenvalue weighted by Crippen LogP contribution is 2.33. The van der Waals surface area contributed by atoms with Crippen LogP contribution in [-0.2, 0) is 9.53 Å². The van der Waals surface area contributed by atoms with Crippen LogP contribution in [0.2, 0.25) is 0 Å². The van der Waals surface area contributed by atoms with Crippen LogP contribution >= 0.6 is 11.3 Å². The molecule has 0 unspecified atom stereocenters. The first-order chi connectivity index (χ1) is 14.7. The largest absolute Gasteiger partial charge is 0.378 e. The summed E-state index contributed by atoms with van der Waals surface area (Å²) in [6.45, 7) is 4.29. The van der Waals surface area contributed by atoms with Crippen molar-refractivity contribution in [3.05, 3.63) is 42.2 Å². The van der Waals surface area contributed by atoms with Gasteiger partial charge in [0.2, 0.25) is 5.91 Å². The Morgan fingerprint density at radius 1 is 1.03 bits per heavy atom. The summed E-state index contributed by atoms with van der Waals surface area (Å²) in [7, 11) is 0. The zero-order valence-electron chi connectivity index (χ0n) is 16.6. The third-order valence-electron chi connectivity index (χ3n) is 5.83. The molecule has 2 aliphatic rings. The van der Waals surface area contributed by atoms with E-state index in [1.165, 1.54) is 17.4 Å². The van der Waals surface area contributed by atoms with Gasteiger partial charge in [-0.15, -0.1) is 0 Å². The Morgan fingerprint density at radius 2 is 1.80 bits per heavy atom. The second-order valence-corrected chi connectivity index (χ2v) is 8.65. The Balaban J connectivity index is 1.29. The van der Waals surface area contributed by atoms with E-state index in [1.807, 2.05) is 23.1 Å². The number of nitrogens with zero attached hydrogens (tertiary/aromatic N) is 4. The number of hydrogen-bond acceptors (Lipinski definition) is 6. The molecular formula is C22H23FN4O2S. The fourth-order valence-corrected chi connectivity index (χ4v) is 5.11. The van der Waals surface area contributed by atoms with Crippen molar-refractivity contribution < 1.29 is 13.9 Å². The van der Waals surface area contributed by atoms with Crippen LogP contribution in [0.5, 0.6) is 0 Å². The predicted octanol–water partition coefficient (Wildman–Crippen LogP) is 3.57. The fourth-order valence-electron chi connectivity index (χ4n) is 4.12. The summed E-state index contributed by atoms with van der Waals surface area (Å²) >= 11 is 1.53. The number of aromatic nitrogens is 2. The number of benzene rings is 1. The van der Waals surface area contributed by atoms with Crippen LogP contribution in [0.25, 0.3) is 21.6 Å². The summed E-state index contributed by atoms with van der Waals surface area (Å²) in [5.41, 5.74) is 1.93. The minimum absolute atomic E-state index is 0.0829. The highest BCUT2D eigenvalue weighted by atomic mass is 32.1. The van der Waals surface area contributed by atoms with Crippen LogP contribution in [0.15, 0.2) is 36.4 Å². The topological polar surface area (TPSA) is 58.6 Å². The number of thiazole rings is 1. The third kappa shape index (κ3) is 3.77. The minimum Gasteiger partial charge on any atom is -0.378 e. The second kappa shape index (κ2) is 8.28. The lowest BCUT2D eigenvalue weighted by Gasteiger charge is -2.35.